The predicted octanol–water partition coefficient (Wildman–Crippen LogP) is 5.96. The topological polar surface area (TPSA) is 142 Å². The van der Waals surface area contributed by atoms with Crippen molar-refractivity contribution < 1.29 is 23.1 Å². The van der Waals surface area contributed by atoms with Gasteiger partial charge in [0.15, 0.2) is 6.35 Å². The van der Waals surface area contributed by atoms with Crippen molar-refractivity contribution in [2.45, 2.75) is 101 Å². The number of nitrogens with zero attached hydrogens (tertiary/aromatic N) is 3. The highest BCUT2D eigenvalue weighted by Gasteiger charge is 2.48. The summed E-state index contributed by atoms with van der Waals surface area (Å²) in [5.41, 5.74) is -1.10. The van der Waals surface area contributed by atoms with Crippen molar-refractivity contribution in [1.29, 1.82) is 0 Å². The Morgan fingerprint density at radius 2 is 1.74 bits per heavy atom. The fourth-order valence-corrected chi connectivity index (χ4v) is 10.1. The molecule has 15 heteroatoms. The van der Waals surface area contributed by atoms with Gasteiger partial charge in [-0.1, -0.05) is 33.1 Å². The summed E-state index contributed by atoms with van der Waals surface area (Å²) in [6.07, 6.45) is 6.49. The van der Waals surface area contributed by atoms with Crippen LogP contribution in [-0.2, 0) is 23.8 Å². The number of aromatic nitrogens is 4. The number of esters is 1. The number of rotatable bonds is 11. The molecule has 0 amide bonds. The zero-order chi connectivity index (χ0) is 30.7. The summed E-state index contributed by atoms with van der Waals surface area (Å²) >= 11 is 15.2. The fourth-order valence-electron chi connectivity index (χ4n) is 6.12. The number of thiazole rings is 1. The van der Waals surface area contributed by atoms with Gasteiger partial charge in [-0.05, 0) is 39.5 Å². The second-order valence-corrected chi connectivity index (χ2v) is 15.5. The minimum Gasteiger partial charge on any atom is -0.448 e. The monoisotopic (exact) mass is 664 g/mol. The number of aromatic amines is 1. The van der Waals surface area contributed by atoms with Crippen molar-refractivity contribution in [3.63, 3.8) is 0 Å². The Morgan fingerprint density at radius 1 is 1.12 bits per heavy atom. The Kier molecular flexibility index (Phi) is 11.1. The van der Waals surface area contributed by atoms with Crippen LogP contribution in [0.25, 0.3) is 0 Å². The number of nitrogens with one attached hydrogen (secondary N) is 1. The van der Waals surface area contributed by atoms with E-state index in [1.54, 1.807) is 13.8 Å². The number of carbonyl (C=O) groups is 1. The quantitative estimate of drug-likeness (QED) is 0.175. The van der Waals surface area contributed by atoms with Crippen LogP contribution in [0.2, 0.25) is 0 Å². The molecule has 1 N–H and O–H groups in total. The lowest BCUT2D eigenvalue weighted by molar-refractivity contribution is 0.0535. The number of ether oxygens (including phenoxy) is 1. The number of hydrogen-bond donors (Lipinski definition) is 1. The molecule has 0 radical (unpaired) electrons. The second-order valence-electron chi connectivity index (χ2n) is 11.4. The maximum atomic E-state index is 13.5. The highest BCUT2D eigenvalue weighted by molar-refractivity contribution is 7.53. The molecule has 0 saturated heterocycles. The van der Waals surface area contributed by atoms with Crippen LogP contribution in [-0.4, -0.2) is 56.0 Å². The van der Waals surface area contributed by atoms with Crippen molar-refractivity contribution in [2.24, 2.45) is 5.92 Å². The maximum absolute atomic E-state index is 13.5. The SMILES string of the molecule is CCOP(=O)(COC(=O)c1sc(C(C)(C)C2C(Cl)CC(n3ncc(=O)[nH]c3=O)CC2Cl)nc1C1CCCCC1)OCC. The zero-order valence-electron chi connectivity index (χ0n) is 24.3. The molecule has 42 heavy (non-hydrogen) atoms. The van der Waals surface area contributed by atoms with Gasteiger partial charge in [0.25, 0.3) is 5.56 Å². The molecule has 2 atom stereocenters. The van der Waals surface area contributed by atoms with Crippen LogP contribution in [0, 0.1) is 5.92 Å². The highest BCUT2D eigenvalue weighted by Crippen LogP contribution is 2.51. The van der Waals surface area contributed by atoms with Crippen LogP contribution in [0.15, 0.2) is 15.8 Å². The molecule has 2 aliphatic rings. The van der Waals surface area contributed by atoms with Gasteiger partial charge in [-0.3, -0.25) is 14.3 Å². The first-order valence-electron chi connectivity index (χ1n) is 14.4. The molecule has 0 aromatic carbocycles. The van der Waals surface area contributed by atoms with E-state index in [4.69, 9.17) is 42.0 Å². The van der Waals surface area contributed by atoms with E-state index in [0.29, 0.717) is 28.4 Å². The van der Waals surface area contributed by atoms with Crippen molar-refractivity contribution in [3.8, 4) is 0 Å². The minimum absolute atomic E-state index is 0.111. The third-order valence-electron chi connectivity index (χ3n) is 8.08. The minimum atomic E-state index is -3.59. The molecule has 2 aliphatic carbocycles. The van der Waals surface area contributed by atoms with Crippen molar-refractivity contribution in [2.75, 3.05) is 19.6 Å². The van der Waals surface area contributed by atoms with E-state index >= 15 is 0 Å². The normalized spacial score (nSPS) is 24.0. The van der Waals surface area contributed by atoms with Crippen LogP contribution in [0.5, 0.6) is 0 Å². The Labute approximate surface area is 259 Å². The first-order valence-corrected chi connectivity index (χ1v) is 17.8. The van der Waals surface area contributed by atoms with Gasteiger partial charge in [0, 0.05) is 28.0 Å². The highest BCUT2D eigenvalue weighted by atomic mass is 35.5. The van der Waals surface area contributed by atoms with Gasteiger partial charge < -0.3 is 13.8 Å². The van der Waals surface area contributed by atoms with E-state index in [0.717, 1.165) is 38.3 Å². The summed E-state index contributed by atoms with van der Waals surface area (Å²) in [4.78, 5) is 45.0. The summed E-state index contributed by atoms with van der Waals surface area (Å²) in [6.45, 7) is 7.76. The summed E-state index contributed by atoms with van der Waals surface area (Å²) < 4.78 is 30.3. The van der Waals surface area contributed by atoms with Gasteiger partial charge >= 0.3 is 19.3 Å². The smallest absolute Gasteiger partial charge is 0.367 e. The summed E-state index contributed by atoms with van der Waals surface area (Å²) in [5.74, 6) is -0.743. The van der Waals surface area contributed by atoms with Gasteiger partial charge in [-0.25, -0.2) is 19.3 Å². The second kappa shape index (κ2) is 14.0. The molecular formula is C27H39Cl2N4O7PS. The molecule has 11 nitrogen and oxygen atoms in total. The molecule has 0 aliphatic heterocycles. The average molecular weight is 666 g/mol. The van der Waals surface area contributed by atoms with Gasteiger partial charge in [0.1, 0.15) is 11.1 Å². The molecule has 0 bridgehead atoms. The fraction of sp³-hybridized carbons (Fsp3) is 0.741. The molecular weight excluding hydrogens is 626 g/mol. The molecule has 4 rings (SSSR count). The molecule has 2 aromatic heterocycles. The first-order chi connectivity index (χ1) is 19.9. The molecule has 2 aromatic rings. The number of H-pyrrole nitrogens is 1. The Hall–Kier alpha value is -1.56. The zero-order valence-corrected chi connectivity index (χ0v) is 27.6. The first kappa shape index (κ1) is 33.3. The maximum Gasteiger partial charge on any atom is 0.367 e. The van der Waals surface area contributed by atoms with Crippen molar-refractivity contribution in [3.05, 3.63) is 42.6 Å². The van der Waals surface area contributed by atoms with E-state index in [9.17, 15) is 18.9 Å². The van der Waals surface area contributed by atoms with E-state index in [1.807, 2.05) is 13.8 Å². The predicted molar refractivity (Wildman–Crippen MR) is 162 cm³/mol. The van der Waals surface area contributed by atoms with E-state index < -0.39 is 47.3 Å². The Bertz CT molecular complexity index is 1390. The van der Waals surface area contributed by atoms with Gasteiger partial charge in [0.05, 0.1) is 30.0 Å². The lowest BCUT2D eigenvalue weighted by atomic mass is 9.69. The molecule has 0 spiro atoms. The molecule has 2 saturated carbocycles. The number of alkyl halides is 2. The summed E-state index contributed by atoms with van der Waals surface area (Å²) in [5, 5.41) is 3.83. The van der Waals surface area contributed by atoms with Crippen LogP contribution in [0.3, 0.4) is 0 Å². The molecule has 2 unspecified atom stereocenters. The Balaban J connectivity index is 1.61. The van der Waals surface area contributed by atoms with Crippen LogP contribution in [0.4, 0.5) is 0 Å². The van der Waals surface area contributed by atoms with Crippen molar-refractivity contribution in [1.82, 2.24) is 19.7 Å². The van der Waals surface area contributed by atoms with Gasteiger partial charge in [0.2, 0.25) is 0 Å². The Morgan fingerprint density at radius 3 is 2.31 bits per heavy atom. The standard InChI is InChI=1S/C27H39Cl2N4O7PS/c1-5-39-41(37,40-6-2)15-38-24(35)23-22(16-10-8-7-9-11-16)32-25(42-23)27(3,4)21-18(28)12-17(13-19(21)29)33-26(36)31-20(34)14-30-33/h14,16-19,21H,5-13,15H2,1-4H3,(H,31,34,36). The summed E-state index contributed by atoms with van der Waals surface area (Å²) in [6, 6.07) is -0.377. The molecule has 2 heterocycles. The number of carbonyl (C=O) groups excluding carboxylic acids is 1. The van der Waals surface area contributed by atoms with Crippen LogP contribution < -0.4 is 11.2 Å². The lowest BCUT2D eigenvalue weighted by Crippen LogP contribution is -2.48. The third kappa shape index (κ3) is 7.38. The van der Waals surface area contributed by atoms with E-state index in [2.05, 4.69) is 10.1 Å². The molecule has 2 fully saturated rings. The van der Waals surface area contributed by atoms with Gasteiger partial charge in [-0.15, -0.1) is 34.5 Å². The summed E-state index contributed by atoms with van der Waals surface area (Å²) in [7, 11) is -3.59. The average Bonchev–Trinajstić information content (AvgIpc) is 3.39. The number of halogens is 2. The van der Waals surface area contributed by atoms with Crippen LogP contribution >= 0.6 is 42.1 Å². The largest absolute Gasteiger partial charge is 0.448 e. The molecule has 234 valence electrons. The third-order valence-corrected chi connectivity index (χ3v) is 12.1. The van der Waals surface area contributed by atoms with E-state index in [-0.39, 0.29) is 31.1 Å². The number of hydrogen-bond acceptors (Lipinski definition) is 10. The van der Waals surface area contributed by atoms with Crippen molar-refractivity contribution >= 4 is 48.1 Å². The lowest BCUT2D eigenvalue weighted by Gasteiger charge is -2.44. The van der Waals surface area contributed by atoms with Gasteiger partial charge in [-0.2, -0.15) is 5.10 Å². The van der Waals surface area contributed by atoms with Crippen LogP contribution in [0.1, 0.15) is 105 Å². The van der Waals surface area contributed by atoms with E-state index in [1.165, 1.54) is 16.0 Å².